The van der Waals surface area contributed by atoms with Crippen molar-refractivity contribution in [3.05, 3.63) is 24.3 Å². The summed E-state index contributed by atoms with van der Waals surface area (Å²) in [5.41, 5.74) is 11.5. The molecular formula is C11H15N3O3S. The Morgan fingerprint density at radius 3 is 2.56 bits per heavy atom. The number of hydrogen-bond acceptors (Lipinski definition) is 4. The van der Waals surface area contributed by atoms with Gasteiger partial charge in [-0.1, -0.05) is 12.1 Å². The average Bonchev–Trinajstić information content (AvgIpc) is 2.29. The molecular weight excluding hydrogens is 254 g/mol. The van der Waals surface area contributed by atoms with Crippen LogP contribution in [0, 0.1) is 0 Å². The van der Waals surface area contributed by atoms with E-state index < -0.39 is 16.7 Å². The number of anilines is 2. The Kier molecular flexibility index (Phi) is 5.31. The zero-order valence-electron chi connectivity index (χ0n) is 9.72. The van der Waals surface area contributed by atoms with E-state index in [4.69, 9.17) is 11.5 Å². The third-order valence-electron chi connectivity index (χ3n) is 2.09. The Labute approximate surface area is 107 Å². The number of nitrogen functional groups attached to an aromatic ring is 1. The molecule has 0 aromatic heterocycles. The van der Waals surface area contributed by atoms with Crippen molar-refractivity contribution in [2.24, 2.45) is 5.73 Å². The summed E-state index contributed by atoms with van der Waals surface area (Å²) >= 11 is 0. The van der Waals surface area contributed by atoms with Crippen molar-refractivity contribution >= 4 is 34.0 Å². The van der Waals surface area contributed by atoms with E-state index in [0.717, 1.165) is 0 Å². The van der Waals surface area contributed by atoms with Gasteiger partial charge in [0.1, 0.15) is 5.75 Å². The number of rotatable bonds is 6. The molecule has 0 heterocycles. The van der Waals surface area contributed by atoms with E-state index >= 15 is 0 Å². The first-order chi connectivity index (χ1) is 8.49. The van der Waals surface area contributed by atoms with Crippen LogP contribution in [0.25, 0.3) is 0 Å². The van der Waals surface area contributed by atoms with Crippen LogP contribution in [0.5, 0.6) is 0 Å². The van der Waals surface area contributed by atoms with Gasteiger partial charge in [-0.25, -0.2) is 0 Å². The normalized spacial score (nSPS) is 11.8. The molecule has 1 rings (SSSR count). The van der Waals surface area contributed by atoms with Gasteiger partial charge in [0.25, 0.3) is 0 Å². The number of para-hydroxylation sites is 2. The number of carbonyl (C=O) groups excluding carboxylic acids is 2. The number of carbonyl (C=O) groups is 2. The summed E-state index contributed by atoms with van der Waals surface area (Å²) in [5, 5.41) is 2.60. The van der Waals surface area contributed by atoms with Gasteiger partial charge >= 0.3 is 0 Å². The van der Waals surface area contributed by atoms with Crippen LogP contribution in [0.15, 0.2) is 24.3 Å². The van der Waals surface area contributed by atoms with E-state index in [1.165, 1.54) is 0 Å². The van der Waals surface area contributed by atoms with Crippen LogP contribution in [-0.4, -0.2) is 27.5 Å². The van der Waals surface area contributed by atoms with Crippen LogP contribution in [-0.2, 0) is 20.4 Å². The number of hydrogen-bond donors (Lipinski definition) is 3. The van der Waals surface area contributed by atoms with Gasteiger partial charge in [-0.2, -0.15) is 0 Å². The van der Waals surface area contributed by atoms with Crippen molar-refractivity contribution in [1.82, 2.24) is 0 Å². The fourth-order valence-electron chi connectivity index (χ4n) is 1.26. The highest BCUT2D eigenvalue weighted by molar-refractivity contribution is 7.85. The summed E-state index contributed by atoms with van der Waals surface area (Å²) in [6.07, 6.45) is 0.0498. The van der Waals surface area contributed by atoms with Gasteiger partial charge in [0, 0.05) is 23.0 Å². The maximum atomic E-state index is 11.5. The lowest BCUT2D eigenvalue weighted by Crippen LogP contribution is -2.23. The average molecular weight is 269 g/mol. The van der Waals surface area contributed by atoms with E-state index in [9.17, 15) is 13.8 Å². The van der Waals surface area contributed by atoms with Gasteiger partial charge < -0.3 is 16.8 Å². The minimum atomic E-state index is -1.40. The maximum Gasteiger partial charge on any atom is 0.230 e. The van der Waals surface area contributed by atoms with E-state index in [1.807, 2.05) is 0 Å². The summed E-state index contributed by atoms with van der Waals surface area (Å²) in [6, 6.07) is 6.85. The van der Waals surface area contributed by atoms with Gasteiger partial charge in [-0.15, -0.1) is 0 Å². The number of nitrogens with one attached hydrogen (secondary N) is 1. The zero-order valence-corrected chi connectivity index (χ0v) is 10.5. The van der Waals surface area contributed by atoms with Gasteiger partial charge in [0.2, 0.25) is 11.8 Å². The topological polar surface area (TPSA) is 115 Å². The van der Waals surface area contributed by atoms with Crippen LogP contribution >= 0.6 is 0 Å². The first-order valence-electron chi connectivity index (χ1n) is 5.26. The SMILES string of the molecule is NC(=O)CS(=O)CCC(=O)Nc1ccccc1N. The largest absolute Gasteiger partial charge is 0.397 e. The van der Waals surface area contributed by atoms with Crippen molar-refractivity contribution in [2.45, 2.75) is 6.42 Å². The summed E-state index contributed by atoms with van der Waals surface area (Å²) < 4.78 is 11.3. The molecule has 7 heteroatoms. The Bertz CT molecular complexity index is 476. The number of nitrogens with two attached hydrogens (primary N) is 2. The molecule has 18 heavy (non-hydrogen) atoms. The predicted octanol–water partition coefficient (Wildman–Crippen LogP) is -0.169. The second kappa shape index (κ2) is 6.75. The van der Waals surface area contributed by atoms with Gasteiger partial charge in [-0.05, 0) is 12.1 Å². The molecule has 2 amide bonds. The molecule has 0 aliphatic rings. The fourth-order valence-corrected chi connectivity index (χ4v) is 2.14. The first kappa shape index (κ1) is 14.2. The molecule has 5 N–H and O–H groups in total. The Balaban J connectivity index is 2.41. The minimum absolute atomic E-state index is 0.0498. The third kappa shape index (κ3) is 4.96. The Morgan fingerprint density at radius 2 is 1.94 bits per heavy atom. The molecule has 0 radical (unpaired) electrons. The molecule has 0 aliphatic heterocycles. The molecule has 1 unspecified atom stereocenters. The Morgan fingerprint density at radius 1 is 1.28 bits per heavy atom. The third-order valence-corrected chi connectivity index (χ3v) is 3.36. The molecule has 6 nitrogen and oxygen atoms in total. The highest BCUT2D eigenvalue weighted by Crippen LogP contribution is 2.16. The standard InChI is InChI=1S/C11H15N3O3S/c12-8-3-1-2-4-9(8)14-11(16)5-6-18(17)7-10(13)15/h1-4H,5-7,12H2,(H2,13,15)(H,14,16). The molecule has 1 aromatic carbocycles. The lowest BCUT2D eigenvalue weighted by molar-refractivity contribution is -0.116. The van der Waals surface area contributed by atoms with E-state index in [0.29, 0.717) is 11.4 Å². The van der Waals surface area contributed by atoms with Crippen LogP contribution < -0.4 is 16.8 Å². The van der Waals surface area contributed by atoms with Crippen molar-refractivity contribution < 1.29 is 13.8 Å². The molecule has 1 atom stereocenters. The smallest absolute Gasteiger partial charge is 0.230 e. The first-order valence-corrected chi connectivity index (χ1v) is 6.75. The summed E-state index contributed by atoms with van der Waals surface area (Å²) in [5.74, 6) is -1.06. The molecule has 0 bridgehead atoms. The maximum absolute atomic E-state index is 11.5. The Hall–Kier alpha value is -1.89. The fraction of sp³-hybridized carbons (Fsp3) is 0.273. The molecule has 0 saturated carbocycles. The zero-order chi connectivity index (χ0) is 13.5. The highest BCUT2D eigenvalue weighted by Gasteiger charge is 2.09. The lowest BCUT2D eigenvalue weighted by Gasteiger charge is -2.07. The lowest BCUT2D eigenvalue weighted by atomic mass is 10.2. The van der Waals surface area contributed by atoms with E-state index in [-0.39, 0.29) is 23.8 Å². The minimum Gasteiger partial charge on any atom is -0.397 e. The molecule has 0 aliphatic carbocycles. The predicted molar refractivity (Wildman–Crippen MR) is 71.2 cm³/mol. The van der Waals surface area contributed by atoms with Gasteiger partial charge in [-0.3, -0.25) is 13.8 Å². The van der Waals surface area contributed by atoms with E-state index in [1.54, 1.807) is 24.3 Å². The number of benzene rings is 1. The van der Waals surface area contributed by atoms with Crippen molar-refractivity contribution in [3.63, 3.8) is 0 Å². The van der Waals surface area contributed by atoms with Crippen LogP contribution in [0.1, 0.15) is 6.42 Å². The number of primary amides is 1. The van der Waals surface area contributed by atoms with Crippen LogP contribution in [0.4, 0.5) is 11.4 Å². The molecule has 0 fully saturated rings. The van der Waals surface area contributed by atoms with Gasteiger partial charge in [0.05, 0.1) is 11.4 Å². The number of amides is 2. The molecule has 1 aromatic rings. The van der Waals surface area contributed by atoms with Crippen molar-refractivity contribution in [3.8, 4) is 0 Å². The molecule has 98 valence electrons. The quantitative estimate of drug-likeness (QED) is 0.622. The van der Waals surface area contributed by atoms with Crippen LogP contribution in [0.2, 0.25) is 0 Å². The molecule has 0 spiro atoms. The summed E-state index contributed by atoms with van der Waals surface area (Å²) in [7, 11) is -1.40. The molecule has 0 saturated heterocycles. The van der Waals surface area contributed by atoms with Crippen LogP contribution in [0.3, 0.4) is 0 Å². The second-order valence-electron chi connectivity index (χ2n) is 3.64. The van der Waals surface area contributed by atoms with Crippen molar-refractivity contribution in [1.29, 1.82) is 0 Å². The monoisotopic (exact) mass is 269 g/mol. The van der Waals surface area contributed by atoms with Gasteiger partial charge in [0.15, 0.2) is 0 Å². The summed E-state index contributed by atoms with van der Waals surface area (Å²) in [6.45, 7) is 0. The van der Waals surface area contributed by atoms with E-state index in [2.05, 4.69) is 5.32 Å². The second-order valence-corrected chi connectivity index (χ2v) is 5.22. The van der Waals surface area contributed by atoms with Crippen molar-refractivity contribution in [2.75, 3.05) is 22.6 Å². The highest BCUT2D eigenvalue weighted by atomic mass is 32.2. The summed E-state index contributed by atoms with van der Waals surface area (Å²) in [4.78, 5) is 22.0.